The van der Waals surface area contributed by atoms with Gasteiger partial charge in [-0.1, -0.05) is 12.1 Å². The molecule has 10 heteroatoms. The molecule has 0 spiro atoms. The first kappa shape index (κ1) is 21.6. The number of rotatable bonds is 6. The highest BCUT2D eigenvalue weighted by molar-refractivity contribution is 7.92. The van der Waals surface area contributed by atoms with E-state index in [0.717, 1.165) is 6.42 Å². The normalized spacial score (nSPS) is 14.5. The van der Waals surface area contributed by atoms with Crippen LogP contribution >= 0.6 is 0 Å². The highest BCUT2D eigenvalue weighted by atomic mass is 32.2. The molecule has 1 heterocycles. The van der Waals surface area contributed by atoms with Gasteiger partial charge in [0.1, 0.15) is 5.25 Å². The zero-order valence-corrected chi connectivity index (χ0v) is 17.4. The number of fused-ring (bicyclic) bond motifs is 1. The lowest BCUT2D eigenvalue weighted by Crippen LogP contribution is -2.33. The van der Waals surface area contributed by atoms with Crippen molar-refractivity contribution in [3.8, 4) is 11.5 Å². The molecule has 2 aromatic carbocycles. The number of carbonyl (C=O) groups excluding carboxylic acids is 1. The second-order valence-electron chi connectivity index (χ2n) is 6.97. The van der Waals surface area contributed by atoms with Gasteiger partial charge in [-0.05, 0) is 31.5 Å². The number of hydrogen-bond donors (Lipinski definition) is 1. The van der Waals surface area contributed by atoms with Gasteiger partial charge in [0.05, 0.1) is 23.9 Å². The largest absolute Gasteiger partial charge is 0.490 e. The molecule has 0 aromatic heterocycles. The lowest BCUT2D eigenvalue weighted by Gasteiger charge is -2.15. The Morgan fingerprint density at radius 2 is 1.90 bits per heavy atom. The van der Waals surface area contributed by atoms with Crippen molar-refractivity contribution >= 4 is 27.1 Å². The molecule has 160 valence electrons. The van der Waals surface area contributed by atoms with Crippen LogP contribution in [0.1, 0.15) is 24.5 Å². The Hall–Kier alpha value is -3.14. The number of amides is 1. The van der Waals surface area contributed by atoms with Gasteiger partial charge in [-0.15, -0.1) is 0 Å². The van der Waals surface area contributed by atoms with Gasteiger partial charge in [0.15, 0.2) is 21.3 Å². The fourth-order valence-corrected chi connectivity index (χ4v) is 4.40. The van der Waals surface area contributed by atoms with E-state index in [9.17, 15) is 23.3 Å². The molecule has 2 aromatic rings. The molecule has 0 saturated carbocycles. The summed E-state index contributed by atoms with van der Waals surface area (Å²) in [5.41, 5.74) is 0.783. The summed E-state index contributed by atoms with van der Waals surface area (Å²) in [6.45, 7) is 3.80. The van der Waals surface area contributed by atoms with E-state index in [1.165, 1.54) is 32.0 Å². The van der Waals surface area contributed by atoms with Crippen molar-refractivity contribution in [2.75, 3.05) is 18.5 Å². The fraction of sp³-hybridized carbons (Fsp3) is 0.350. The standard InChI is InChI=1S/C20H22N2O7S/c1-13-15(5-3-6-17(13)22(24)25)12-30(26,27)14(2)20(23)21-16-7-8-18-19(11-16)29-10-4-9-28-18/h3,5-8,11,14H,4,9-10,12H2,1-2H3,(H,21,23)/t14-/m1/s1. The number of nitro groups is 1. The quantitative estimate of drug-likeness (QED) is 0.547. The Labute approximate surface area is 174 Å². The summed E-state index contributed by atoms with van der Waals surface area (Å²) in [5, 5.41) is 12.3. The predicted octanol–water partition coefficient (Wildman–Crippen LogP) is 3.01. The third kappa shape index (κ3) is 4.70. The number of sulfone groups is 1. The zero-order chi connectivity index (χ0) is 21.9. The van der Waals surface area contributed by atoms with Crippen LogP contribution in [0.5, 0.6) is 11.5 Å². The Kier molecular flexibility index (Phi) is 6.25. The third-order valence-electron chi connectivity index (χ3n) is 4.89. The number of nitrogens with one attached hydrogen (secondary N) is 1. The molecule has 0 saturated heterocycles. The van der Waals surface area contributed by atoms with Gasteiger partial charge in [-0.2, -0.15) is 0 Å². The molecular weight excluding hydrogens is 412 g/mol. The van der Waals surface area contributed by atoms with Crippen LogP contribution in [0.25, 0.3) is 0 Å². The van der Waals surface area contributed by atoms with Crippen molar-refractivity contribution in [1.29, 1.82) is 0 Å². The number of nitro benzene ring substituents is 1. The molecule has 1 N–H and O–H groups in total. The Morgan fingerprint density at radius 3 is 2.60 bits per heavy atom. The minimum atomic E-state index is -3.91. The van der Waals surface area contributed by atoms with Gasteiger partial charge in [0.25, 0.3) is 5.69 Å². The van der Waals surface area contributed by atoms with E-state index in [2.05, 4.69) is 5.32 Å². The molecule has 0 unspecified atom stereocenters. The minimum absolute atomic E-state index is 0.160. The van der Waals surface area contributed by atoms with E-state index in [4.69, 9.17) is 9.47 Å². The zero-order valence-electron chi connectivity index (χ0n) is 16.6. The molecule has 0 fully saturated rings. The maximum Gasteiger partial charge on any atom is 0.272 e. The summed E-state index contributed by atoms with van der Waals surface area (Å²) in [5.74, 6) is -0.135. The lowest BCUT2D eigenvalue weighted by molar-refractivity contribution is -0.385. The molecule has 1 aliphatic heterocycles. The number of benzene rings is 2. The second kappa shape index (κ2) is 8.70. The van der Waals surface area contributed by atoms with Gasteiger partial charge >= 0.3 is 0 Å². The SMILES string of the molecule is Cc1c(CS(=O)(=O)[C@H](C)C(=O)Nc2ccc3c(c2)OCCCO3)cccc1[N+](=O)[O-]. The summed E-state index contributed by atoms with van der Waals surface area (Å²) >= 11 is 0. The molecule has 0 bridgehead atoms. The number of anilines is 1. The molecule has 1 aliphatic rings. The van der Waals surface area contributed by atoms with E-state index in [1.54, 1.807) is 18.2 Å². The summed E-state index contributed by atoms with van der Waals surface area (Å²) in [4.78, 5) is 23.1. The predicted molar refractivity (Wildman–Crippen MR) is 111 cm³/mol. The highest BCUT2D eigenvalue weighted by Crippen LogP contribution is 2.32. The lowest BCUT2D eigenvalue weighted by atomic mass is 10.1. The number of ether oxygens (including phenoxy) is 2. The van der Waals surface area contributed by atoms with Crippen LogP contribution in [0.15, 0.2) is 36.4 Å². The smallest absolute Gasteiger partial charge is 0.272 e. The molecule has 0 aliphatic carbocycles. The van der Waals surface area contributed by atoms with Crippen molar-refractivity contribution in [2.45, 2.75) is 31.3 Å². The van der Waals surface area contributed by atoms with Crippen LogP contribution in [0.3, 0.4) is 0 Å². The van der Waals surface area contributed by atoms with Gasteiger partial charge in [-0.3, -0.25) is 14.9 Å². The molecule has 3 rings (SSSR count). The van der Waals surface area contributed by atoms with Crippen LogP contribution in [0.4, 0.5) is 11.4 Å². The molecule has 1 atom stereocenters. The number of hydrogen-bond acceptors (Lipinski definition) is 7. The van der Waals surface area contributed by atoms with Crippen molar-refractivity contribution in [2.24, 2.45) is 0 Å². The van der Waals surface area contributed by atoms with E-state index in [1.807, 2.05) is 0 Å². The van der Waals surface area contributed by atoms with E-state index in [0.29, 0.717) is 36.0 Å². The van der Waals surface area contributed by atoms with Crippen molar-refractivity contribution in [1.82, 2.24) is 0 Å². The van der Waals surface area contributed by atoms with Crippen LogP contribution in [-0.2, 0) is 20.4 Å². The summed E-state index contributed by atoms with van der Waals surface area (Å²) in [6, 6.07) is 9.10. The van der Waals surface area contributed by atoms with Gasteiger partial charge in [-0.25, -0.2) is 8.42 Å². The van der Waals surface area contributed by atoms with Crippen molar-refractivity contribution in [3.05, 3.63) is 57.6 Å². The first-order valence-corrected chi connectivity index (χ1v) is 11.1. The van der Waals surface area contributed by atoms with Crippen LogP contribution < -0.4 is 14.8 Å². The molecule has 9 nitrogen and oxygen atoms in total. The van der Waals surface area contributed by atoms with E-state index in [-0.39, 0.29) is 11.3 Å². The van der Waals surface area contributed by atoms with Crippen LogP contribution in [0.2, 0.25) is 0 Å². The van der Waals surface area contributed by atoms with Gasteiger partial charge < -0.3 is 14.8 Å². The molecule has 30 heavy (non-hydrogen) atoms. The highest BCUT2D eigenvalue weighted by Gasteiger charge is 2.30. The van der Waals surface area contributed by atoms with Crippen LogP contribution in [-0.4, -0.2) is 37.7 Å². The third-order valence-corrected chi connectivity index (χ3v) is 6.90. The Bertz CT molecular complexity index is 1080. The summed E-state index contributed by atoms with van der Waals surface area (Å²) < 4.78 is 36.6. The monoisotopic (exact) mass is 434 g/mol. The van der Waals surface area contributed by atoms with Gasteiger partial charge in [0.2, 0.25) is 5.91 Å². The maximum atomic E-state index is 12.8. The van der Waals surface area contributed by atoms with E-state index >= 15 is 0 Å². The van der Waals surface area contributed by atoms with Crippen molar-refractivity contribution in [3.63, 3.8) is 0 Å². The molecular formula is C20H22N2O7S. The number of carbonyl (C=O) groups is 1. The topological polar surface area (TPSA) is 125 Å². The van der Waals surface area contributed by atoms with Crippen LogP contribution in [0, 0.1) is 17.0 Å². The first-order valence-electron chi connectivity index (χ1n) is 9.34. The van der Waals surface area contributed by atoms with Gasteiger partial charge in [0, 0.05) is 29.8 Å². The fourth-order valence-electron chi connectivity index (χ4n) is 3.01. The summed E-state index contributed by atoms with van der Waals surface area (Å²) in [7, 11) is -3.91. The minimum Gasteiger partial charge on any atom is -0.490 e. The Balaban J connectivity index is 1.75. The average molecular weight is 434 g/mol. The first-order chi connectivity index (χ1) is 14.2. The second-order valence-corrected chi connectivity index (χ2v) is 9.29. The molecule has 1 amide bonds. The van der Waals surface area contributed by atoms with Crippen molar-refractivity contribution < 1.29 is 27.6 Å². The molecule has 0 radical (unpaired) electrons. The maximum absolute atomic E-state index is 12.8. The summed E-state index contributed by atoms with van der Waals surface area (Å²) in [6.07, 6.45) is 0.739. The number of nitrogens with zero attached hydrogens (tertiary/aromatic N) is 1. The average Bonchev–Trinajstić information content (AvgIpc) is 2.93. The van der Waals surface area contributed by atoms with E-state index < -0.39 is 31.7 Å². The Morgan fingerprint density at radius 1 is 1.20 bits per heavy atom.